The summed E-state index contributed by atoms with van der Waals surface area (Å²) in [6.45, 7) is 0. The van der Waals surface area contributed by atoms with Crippen LogP contribution >= 0.6 is 0 Å². The van der Waals surface area contributed by atoms with Gasteiger partial charge in [0.2, 0.25) is 5.88 Å². The Bertz CT molecular complexity index is 1770. The third-order valence-electron chi connectivity index (χ3n) is 7.27. The fraction of sp³-hybridized carbons (Fsp3) is 0.0833. The minimum atomic E-state index is -0.532. The van der Waals surface area contributed by atoms with Crippen LogP contribution in [0.1, 0.15) is 27.9 Å². The Morgan fingerprint density at radius 3 is 2.29 bits per heavy atom. The van der Waals surface area contributed by atoms with E-state index in [-0.39, 0.29) is 5.78 Å². The molecule has 6 rings (SSSR count). The molecular weight excluding hydrogens is 508 g/mol. The lowest BCUT2D eigenvalue weighted by atomic mass is 9.71. The number of carbonyl (C=O) groups excluding carboxylic acids is 1. The molecule has 0 spiro atoms. The number of nitrogens with zero attached hydrogens (tertiary/aromatic N) is 2. The molecule has 0 amide bonds. The highest BCUT2D eigenvalue weighted by Gasteiger charge is 2.30. The molecule has 1 heterocycles. The summed E-state index contributed by atoms with van der Waals surface area (Å²) in [6.07, 6.45) is 12.4. The summed E-state index contributed by atoms with van der Waals surface area (Å²) in [5.74, 6) is 1.87. The van der Waals surface area contributed by atoms with Gasteiger partial charge in [0.15, 0.2) is 5.78 Å². The second-order valence-corrected chi connectivity index (χ2v) is 9.88. The summed E-state index contributed by atoms with van der Waals surface area (Å²) in [7, 11) is 1.66. The first-order chi connectivity index (χ1) is 20.1. The molecule has 0 bridgehead atoms. The third kappa shape index (κ3) is 5.70. The van der Waals surface area contributed by atoms with E-state index in [1.54, 1.807) is 19.4 Å². The summed E-state index contributed by atoms with van der Waals surface area (Å²) < 4.78 is 11.4. The van der Waals surface area contributed by atoms with E-state index in [1.165, 1.54) is 5.57 Å². The second kappa shape index (κ2) is 11.4. The standard InChI is InChI=1S/C36H28N2O3/c1-40-30-17-13-26(14-18-30)28-10-7-22-36(24-28,23-21-34(39)27-8-3-2-4-9-27)29-15-19-31(20-16-29)41-35-25-37-32-11-5-6-12-33(32)38-35/h2-23,25H,24H2,1H3. The van der Waals surface area contributed by atoms with E-state index in [9.17, 15) is 4.79 Å². The summed E-state index contributed by atoms with van der Waals surface area (Å²) in [6, 6.07) is 33.0. The van der Waals surface area contributed by atoms with Crippen LogP contribution in [0, 0.1) is 0 Å². The zero-order chi connectivity index (χ0) is 28.1. The number of carbonyl (C=O) groups is 1. The van der Waals surface area contributed by atoms with E-state index in [0.717, 1.165) is 27.9 Å². The lowest BCUT2D eigenvalue weighted by Crippen LogP contribution is -2.23. The van der Waals surface area contributed by atoms with Gasteiger partial charge in [0.25, 0.3) is 0 Å². The molecule has 0 N–H and O–H groups in total. The lowest BCUT2D eigenvalue weighted by Gasteiger charge is -2.32. The fourth-order valence-electron chi connectivity index (χ4n) is 5.05. The number of benzene rings is 4. The SMILES string of the molecule is COc1ccc(C2=CC=CC(C=CC(=O)c3ccccc3)(c3ccc(Oc4cnc5ccccc5n4)cc3)C2)cc1. The number of para-hydroxylation sites is 2. The first-order valence-corrected chi connectivity index (χ1v) is 13.4. The van der Waals surface area contributed by atoms with Crippen molar-refractivity contribution in [3.05, 3.63) is 156 Å². The zero-order valence-corrected chi connectivity index (χ0v) is 22.6. The molecule has 5 aromatic rings. The summed E-state index contributed by atoms with van der Waals surface area (Å²) in [5, 5.41) is 0. The van der Waals surface area contributed by atoms with Crippen LogP contribution in [0.5, 0.6) is 17.4 Å². The minimum absolute atomic E-state index is 0.0336. The number of hydrogen-bond donors (Lipinski definition) is 0. The number of fused-ring (bicyclic) bond motifs is 1. The smallest absolute Gasteiger partial charge is 0.238 e. The van der Waals surface area contributed by atoms with Crippen LogP contribution < -0.4 is 9.47 Å². The zero-order valence-electron chi connectivity index (χ0n) is 22.6. The Kier molecular flexibility index (Phi) is 7.25. The maximum Gasteiger partial charge on any atom is 0.238 e. The van der Waals surface area contributed by atoms with E-state index in [4.69, 9.17) is 9.47 Å². The largest absolute Gasteiger partial charge is 0.497 e. The van der Waals surface area contributed by atoms with Crippen molar-refractivity contribution in [2.75, 3.05) is 7.11 Å². The molecule has 4 aromatic carbocycles. The van der Waals surface area contributed by atoms with E-state index in [0.29, 0.717) is 23.6 Å². The number of ketones is 1. The molecule has 5 heteroatoms. The monoisotopic (exact) mass is 536 g/mol. The molecule has 0 saturated heterocycles. The molecule has 0 fully saturated rings. The Balaban J connectivity index is 1.31. The number of allylic oxidation sites excluding steroid dienone is 6. The molecule has 0 aliphatic heterocycles. The number of ether oxygens (including phenoxy) is 2. The van der Waals surface area contributed by atoms with Gasteiger partial charge >= 0.3 is 0 Å². The van der Waals surface area contributed by atoms with Crippen molar-refractivity contribution < 1.29 is 14.3 Å². The molecular formula is C36H28N2O3. The van der Waals surface area contributed by atoms with Crippen molar-refractivity contribution in [1.29, 1.82) is 0 Å². The van der Waals surface area contributed by atoms with Gasteiger partial charge < -0.3 is 9.47 Å². The Morgan fingerprint density at radius 1 is 0.829 bits per heavy atom. The van der Waals surface area contributed by atoms with Crippen LogP contribution in [0.2, 0.25) is 0 Å². The predicted molar refractivity (Wildman–Crippen MR) is 162 cm³/mol. The summed E-state index contributed by atoms with van der Waals surface area (Å²) >= 11 is 0. The Morgan fingerprint density at radius 2 is 1.54 bits per heavy atom. The molecule has 0 saturated carbocycles. The van der Waals surface area contributed by atoms with Crippen molar-refractivity contribution >= 4 is 22.4 Å². The van der Waals surface area contributed by atoms with E-state index in [1.807, 2.05) is 97.1 Å². The Hall–Kier alpha value is -5.29. The van der Waals surface area contributed by atoms with Gasteiger partial charge in [-0.2, -0.15) is 0 Å². The number of rotatable bonds is 8. The van der Waals surface area contributed by atoms with E-state index >= 15 is 0 Å². The van der Waals surface area contributed by atoms with Gasteiger partial charge in [-0.05, 0) is 65.6 Å². The van der Waals surface area contributed by atoms with Gasteiger partial charge in [-0.25, -0.2) is 9.97 Å². The van der Waals surface area contributed by atoms with Crippen LogP contribution in [0.25, 0.3) is 16.6 Å². The third-order valence-corrected chi connectivity index (χ3v) is 7.27. The van der Waals surface area contributed by atoms with Crippen molar-refractivity contribution in [2.45, 2.75) is 11.8 Å². The highest BCUT2D eigenvalue weighted by molar-refractivity contribution is 6.04. The van der Waals surface area contributed by atoms with Crippen molar-refractivity contribution in [3.8, 4) is 17.4 Å². The summed E-state index contributed by atoms with van der Waals surface area (Å²) in [5.41, 5.74) is 5.04. The Labute approximate surface area is 239 Å². The van der Waals surface area contributed by atoms with Crippen molar-refractivity contribution in [2.24, 2.45) is 0 Å². The molecule has 1 atom stereocenters. The van der Waals surface area contributed by atoms with Gasteiger partial charge in [-0.3, -0.25) is 4.79 Å². The average Bonchev–Trinajstić information content (AvgIpc) is 3.04. The van der Waals surface area contributed by atoms with Gasteiger partial charge in [-0.15, -0.1) is 0 Å². The fourth-order valence-corrected chi connectivity index (χ4v) is 5.05. The van der Waals surface area contributed by atoms with Crippen LogP contribution in [0.3, 0.4) is 0 Å². The van der Waals surface area contributed by atoms with Crippen LogP contribution in [-0.2, 0) is 5.41 Å². The van der Waals surface area contributed by atoms with E-state index < -0.39 is 5.41 Å². The molecule has 1 aliphatic carbocycles. The quantitative estimate of drug-likeness (QED) is 0.148. The van der Waals surface area contributed by atoms with Gasteiger partial charge in [-0.1, -0.05) is 91.0 Å². The molecule has 1 unspecified atom stereocenters. The number of aromatic nitrogens is 2. The molecule has 5 nitrogen and oxygen atoms in total. The van der Waals surface area contributed by atoms with Gasteiger partial charge in [0, 0.05) is 11.0 Å². The maximum absolute atomic E-state index is 13.1. The summed E-state index contributed by atoms with van der Waals surface area (Å²) in [4.78, 5) is 22.1. The molecule has 200 valence electrons. The van der Waals surface area contributed by atoms with Crippen LogP contribution in [0.4, 0.5) is 0 Å². The first kappa shape index (κ1) is 26.0. The minimum Gasteiger partial charge on any atom is -0.497 e. The van der Waals surface area contributed by atoms with Crippen LogP contribution in [-0.4, -0.2) is 22.9 Å². The first-order valence-electron chi connectivity index (χ1n) is 13.4. The highest BCUT2D eigenvalue weighted by atomic mass is 16.5. The predicted octanol–water partition coefficient (Wildman–Crippen LogP) is 8.15. The molecule has 1 aromatic heterocycles. The highest BCUT2D eigenvalue weighted by Crippen LogP contribution is 2.41. The number of hydrogen-bond acceptors (Lipinski definition) is 5. The maximum atomic E-state index is 13.1. The average molecular weight is 537 g/mol. The molecule has 41 heavy (non-hydrogen) atoms. The van der Waals surface area contributed by atoms with Gasteiger partial charge in [0.05, 0.1) is 24.3 Å². The molecule has 1 aliphatic rings. The second-order valence-electron chi connectivity index (χ2n) is 9.88. The van der Waals surface area contributed by atoms with Gasteiger partial charge in [0.1, 0.15) is 11.5 Å². The topological polar surface area (TPSA) is 61.3 Å². The van der Waals surface area contributed by atoms with E-state index in [2.05, 4.69) is 40.3 Å². The molecule has 0 radical (unpaired) electrons. The van der Waals surface area contributed by atoms with Crippen LogP contribution in [0.15, 0.2) is 140 Å². The van der Waals surface area contributed by atoms with Crippen molar-refractivity contribution in [1.82, 2.24) is 9.97 Å². The van der Waals surface area contributed by atoms with Crippen molar-refractivity contribution in [3.63, 3.8) is 0 Å². The lowest BCUT2D eigenvalue weighted by molar-refractivity contribution is 0.104. The normalized spacial score (nSPS) is 16.5. The number of methoxy groups -OCH3 is 1.